The van der Waals surface area contributed by atoms with Crippen molar-refractivity contribution < 1.29 is 0 Å². The van der Waals surface area contributed by atoms with Gasteiger partial charge in [-0.2, -0.15) is 0 Å². The fourth-order valence-electron chi connectivity index (χ4n) is 1.14. The maximum atomic E-state index is 4.92. The molecule has 0 N–H and O–H groups in total. The van der Waals surface area contributed by atoms with Gasteiger partial charge in [-0.15, -0.1) is 13.2 Å². The van der Waals surface area contributed by atoms with E-state index in [0.29, 0.717) is 0 Å². The first-order chi connectivity index (χ1) is 7.60. The van der Waals surface area contributed by atoms with Gasteiger partial charge in [0, 0.05) is 0 Å². The van der Waals surface area contributed by atoms with Crippen molar-refractivity contribution in [2.45, 2.75) is 12.8 Å². The van der Waals surface area contributed by atoms with E-state index in [1.54, 1.807) is 0 Å². The molecule has 0 unspecified atom stereocenters. The van der Waals surface area contributed by atoms with Crippen LogP contribution in [0.1, 0.15) is 11.1 Å². The summed E-state index contributed by atoms with van der Waals surface area (Å²) >= 11 is 14.1. The van der Waals surface area contributed by atoms with Crippen molar-refractivity contribution in [1.29, 1.82) is 0 Å². The summed E-state index contributed by atoms with van der Waals surface area (Å²) in [6.07, 6.45) is 5.74. The fraction of sp³-hybridized carbons (Fsp3) is 0.167. The molecular weight excluding hydrogens is 278 g/mol. The molecule has 0 saturated heterocycles. The Hall–Kier alpha value is -0.200. The minimum absolute atomic E-state index is 0.953. The van der Waals surface area contributed by atoms with Gasteiger partial charge in [0.15, 0.2) is 22.5 Å². The summed E-state index contributed by atoms with van der Waals surface area (Å²) < 4.78 is 0. The molecule has 0 spiro atoms. The first-order valence-corrected chi connectivity index (χ1v) is 8.85. The number of benzene rings is 1. The van der Waals surface area contributed by atoms with Gasteiger partial charge in [-0.05, 0) is 24.0 Å². The van der Waals surface area contributed by atoms with E-state index in [1.165, 1.54) is 11.1 Å². The van der Waals surface area contributed by atoms with Crippen molar-refractivity contribution in [3.05, 3.63) is 60.7 Å². The summed E-state index contributed by atoms with van der Waals surface area (Å²) in [5, 5.41) is -1.09. The average Bonchev–Trinajstić information content (AvgIpc) is 2.21. The van der Waals surface area contributed by atoms with Crippen LogP contribution in [0.25, 0.3) is 0 Å². The summed E-state index contributed by atoms with van der Waals surface area (Å²) in [5.41, 5.74) is 2.63. The van der Waals surface area contributed by atoms with Crippen LogP contribution in [0.15, 0.2) is 49.6 Å². The number of halogens is 2. The minimum atomic E-state index is -1.09. The summed E-state index contributed by atoms with van der Waals surface area (Å²) in [6.45, 7) is 7.40. The Morgan fingerprint density at radius 3 is 1.44 bits per heavy atom. The number of hydrogen-bond donors (Lipinski definition) is 0. The van der Waals surface area contributed by atoms with Crippen LogP contribution in [0.4, 0.5) is 0 Å². The van der Waals surface area contributed by atoms with E-state index in [2.05, 4.69) is 49.2 Å². The molecule has 0 amide bonds. The predicted octanol–water partition coefficient (Wildman–Crippen LogP) is 5.38. The highest BCUT2D eigenvalue weighted by Crippen LogP contribution is 2.31. The average molecular weight is 292 g/mol. The predicted molar refractivity (Wildman–Crippen MR) is 80.2 cm³/mol. The smallest absolute Gasteiger partial charge is 0.103 e. The lowest BCUT2D eigenvalue weighted by molar-refractivity contribution is 1.22. The maximum absolute atomic E-state index is 4.92. The Bertz CT molecular complexity index is 314. The van der Waals surface area contributed by atoms with Gasteiger partial charge in [-0.1, -0.05) is 36.4 Å². The van der Waals surface area contributed by atoms with Crippen LogP contribution in [0.3, 0.4) is 0 Å². The van der Waals surface area contributed by atoms with Gasteiger partial charge < -0.3 is 0 Å². The lowest BCUT2D eigenvalue weighted by Gasteiger charge is -1.98. The molecule has 0 aliphatic heterocycles. The van der Waals surface area contributed by atoms with Crippen molar-refractivity contribution in [3.63, 3.8) is 0 Å². The molecule has 0 heterocycles. The van der Waals surface area contributed by atoms with Gasteiger partial charge in [-0.3, -0.25) is 0 Å². The van der Waals surface area contributed by atoms with Crippen LogP contribution in [-0.4, -0.2) is 0 Å². The Labute approximate surface area is 113 Å². The molecule has 1 aromatic carbocycles. The van der Waals surface area contributed by atoms with Crippen LogP contribution in [0, 0.1) is 0 Å². The normalized spacial score (nSPS) is 8.62. The van der Waals surface area contributed by atoms with Crippen LogP contribution in [0.5, 0.6) is 0 Å². The molecule has 0 aliphatic rings. The van der Waals surface area contributed by atoms with Crippen molar-refractivity contribution in [3.8, 4) is 0 Å². The van der Waals surface area contributed by atoms with Crippen molar-refractivity contribution in [2.75, 3.05) is 0 Å². The summed E-state index contributed by atoms with van der Waals surface area (Å²) in [6, 6.07) is 8.56. The highest BCUT2D eigenvalue weighted by Gasteiger charge is 1.90. The van der Waals surface area contributed by atoms with E-state index in [1.807, 2.05) is 12.2 Å². The highest BCUT2D eigenvalue weighted by atomic mass is 35.9. The van der Waals surface area contributed by atoms with Gasteiger partial charge in [0.25, 0.3) is 0 Å². The summed E-state index contributed by atoms with van der Waals surface area (Å²) in [4.78, 5) is 0. The van der Waals surface area contributed by atoms with Gasteiger partial charge in [0.05, 0.1) is 0 Å². The molecule has 1 aromatic rings. The largest absolute Gasteiger partial charge is 0.407 e. The first kappa shape index (κ1) is 15.8. The van der Waals surface area contributed by atoms with Gasteiger partial charge in [0.2, 0.25) is 11.8 Å². The molecule has 16 heavy (non-hydrogen) atoms. The second-order valence-electron chi connectivity index (χ2n) is 3.00. The van der Waals surface area contributed by atoms with Gasteiger partial charge in [0.1, 0.15) is 0 Å². The van der Waals surface area contributed by atoms with Crippen molar-refractivity contribution in [1.82, 2.24) is 0 Å². The Kier molecular flexibility index (Phi) is 9.86. The fourth-order valence-corrected chi connectivity index (χ4v) is 1.14. The summed E-state index contributed by atoms with van der Waals surface area (Å²) in [5.74, 6) is 0. The third-order valence-electron chi connectivity index (χ3n) is 1.78. The van der Waals surface area contributed by atoms with Crippen LogP contribution in [-0.2, 0) is 24.6 Å². The van der Waals surface area contributed by atoms with Crippen molar-refractivity contribution in [2.24, 2.45) is 0 Å². The SMILES string of the molecule is C=CCc1ccc(CC=C)cc1.S=[P+](Cl)Cl. The molecule has 4 heteroatoms. The van der Waals surface area contributed by atoms with Crippen LogP contribution < -0.4 is 0 Å². The highest BCUT2D eigenvalue weighted by molar-refractivity contribution is 8.29. The van der Waals surface area contributed by atoms with E-state index >= 15 is 0 Å². The lowest BCUT2D eigenvalue weighted by Crippen LogP contribution is -1.83. The topological polar surface area (TPSA) is 0 Å². The molecule has 1 rings (SSSR count). The molecular formula is C12H14Cl2PS+. The zero-order chi connectivity index (χ0) is 12.4. The third kappa shape index (κ3) is 9.06. The molecule has 0 fully saturated rings. The Morgan fingerprint density at radius 1 is 1.00 bits per heavy atom. The monoisotopic (exact) mass is 291 g/mol. The Morgan fingerprint density at radius 2 is 1.25 bits per heavy atom. The molecule has 0 aliphatic carbocycles. The molecule has 0 bridgehead atoms. The van der Waals surface area contributed by atoms with E-state index in [4.69, 9.17) is 22.5 Å². The van der Waals surface area contributed by atoms with Gasteiger partial charge >= 0.3 is 5.40 Å². The quantitative estimate of drug-likeness (QED) is 0.530. The van der Waals surface area contributed by atoms with E-state index in [-0.39, 0.29) is 0 Å². The molecule has 0 atom stereocenters. The number of hydrogen-bond acceptors (Lipinski definition) is 1. The third-order valence-corrected chi connectivity index (χ3v) is 1.78. The second kappa shape index (κ2) is 9.99. The lowest BCUT2D eigenvalue weighted by atomic mass is 10.1. The zero-order valence-corrected chi connectivity index (χ0v) is 12.1. The molecule has 0 nitrogen and oxygen atoms in total. The van der Waals surface area contributed by atoms with Crippen LogP contribution in [0.2, 0.25) is 0 Å². The Balaban J connectivity index is 0.000000487. The van der Waals surface area contributed by atoms with Crippen LogP contribution >= 0.6 is 27.9 Å². The van der Waals surface area contributed by atoms with Crippen molar-refractivity contribution >= 4 is 39.7 Å². The number of allylic oxidation sites excluding steroid dienone is 2. The maximum Gasteiger partial charge on any atom is 0.407 e. The first-order valence-electron chi connectivity index (χ1n) is 4.68. The second-order valence-corrected chi connectivity index (χ2v) is 8.25. The number of rotatable bonds is 4. The van der Waals surface area contributed by atoms with E-state index in [9.17, 15) is 0 Å². The van der Waals surface area contributed by atoms with E-state index < -0.39 is 5.40 Å². The molecule has 0 aromatic heterocycles. The standard InChI is InChI=1S/C12H14.Cl2PS/c1-3-5-11-7-9-12(6-4-2)10-8-11;1-3(2)4/h3-4,7-10H,1-2,5-6H2;/q;+1. The van der Waals surface area contributed by atoms with Gasteiger partial charge in [-0.25, -0.2) is 0 Å². The van der Waals surface area contributed by atoms with E-state index in [0.717, 1.165) is 12.8 Å². The summed E-state index contributed by atoms with van der Waals surface area (Å²) in [7, 11) is 0. The molecule has 86 valence electrons. The molecule has 0 saturated carbocycles. The molecule has 0 radical (unpaired) electrons. The zero-order valence-electron chi connectivity index (χ0n) is 8.90. The minimum Gasteiger partial charge on any atom is -0.103 e.